The lowest BCUT2D eigenvalue weighted by atomic mass is 9.82. The van der Waals surface area contributed by atoms with Gasteiger partial charge in [-0.25, -0.2) is 0 Å². The van der Waals surface area contributed by atoms with E-state index in [1.165, 1.54) is 55.6 Å². The average molecular weight is 1010 g/mol. The Morgan fingerprint density at radius 2 is 0.667 bits per heavy atom. The lowest BCUT2D eigenvalue weighted by Gasteiger charge is -2.28. The van der Waals surface area contributed by atoms with Crippen LogP contribution in [-0.4, -0.2) is 0 Å². The van der Waals surface area contributed by atoms with Crippen LogP contribution in [0, 0.1) is 0 Å². The Bertz CT molecular complexity index is 4330. The second kappa shape index (κ2) is 16.8. The monoisotopic (exact) mass is 1010 g/mol. The molecule has 2 aromatic heterocycles. The second-order valence-corrected chi connectivity index (χ2v) is 23.6. The molecule has 0 bridgehead atoms. The van der Waals surface area contributed by atoms with Crippen molar-refractivity contribution < 1.29 is 8.83 Å². The highest BCUT2D eigenvalue weighted by molar-refractivity contribution is 6.28. The summed E-state index contributed by atoms with van der Waals surface area (Å²) in [5.74, 6) is 0.835. The molecule has 0 unspecified atom stereocenters. The first-order chi connectivity index (χ1) is 37.8. The van der Waals surface area contributed by atoms with E-state index >= 15 is 0 Å². The summed E-state index contributed by atoms with van der Waals surface area (Å²) in [6.07, 6.45) is 0. The van der Waals surface area contributed by atoms with Crippen molar-refractivity contribution in [3.05, 3.63) is 240 Å². The largest absolute Gasteiger partial charge is 0.456 e. The number of hydrogen-bond acceptors (Lipinski definition) is 4. The average Bonchev–Trinajstić information content (AvgIpc) is 4.31. The van der Waals surface area contributed by atoms with Gasteiger partial charge in [-0.1, -0.05) is 189 Å². The van der Waals surface area contributed by atoms with E-state index in [0.717, 1.165) is 99.5 Å². The minimum atomic E-state index is -0.0956. The first-order valence-electron chi connectivity index (χ1n) is 27.8. The number of anilines is 6. The van der Waals surface area contributed by atoms with Gasteiger partial charge in [0.2, 0.25) is 0 Å². The molecule has 2 aliphatic rings. The van der Waals surface area contributed by atoms with Crippen LogP contribution in [0.1, 0.15) is 101 Å². The Kier molecular flexibility index (Phi) is 10.0. The van der Waals surface area contributed by atoms with Crippen molar-refractivity contribution >= 4 is 99.5 Å². The first-order valence-corrected chi connectivity index (χ1v) is 27.8. The molecule has 378 valence electrons. The van der Waals surface area contributed by atoms with Gasteiger partial charge in [-0.3, -0.25) is 0 Å². The number of benzene rings is 11. The molecule has 0 fully saturated rings. The van der Waals surface area contributed by atoms with Crippen molar-refractivity contribution in [2.75, 3.05) is 9.80 Å². The zero-order chi connectivity index (χ0) is 52.9. The van der Waals surface area contributed by atoms with E-state index < -0.39 is 0 Å². The van der Waals surface area contributed by atoms with E-state index in [9.17, 15) is 0 Å². The standard InChI is InChI=1S/C74H60N2O2/c1-43(2)45-25-29-47(30-26-45)75(49-33-35-63-57(37-49)51-17-13-15-23-61(51)73(63,5)6)65-40-69-71(55-21-11-9-19-53(55)65)59-39-60-68(42-67(59)77-69)78-70-41-66(54-20-10-12-22-56(54)72(60)70)76(48-31-27-46(28-32-48)44(3)4)50-34-36-64-58(38-50)52-18-14-16-24-62(52)74(64,7)8/h9-44H,1-8H3. The summed E-state index contributed by atoms with van der Waals surface area (Å²) in [5, 5.41) is 8.89. The van der Waals surface area contributed by atoms with Crippen molar-refractivity contribution in [3.63, 3.8) is 0 Å². The third-order valence-corrected chi connectivity index (χ3v) is 17.8. The van der Waals surface area contributed by atoms with Gasteiger partial charge in [0.05, 0.1) is 11.4 Å². The minimum absolute atomic E-state index is 0.0956. The molecule has 11 aromatic carbocycles. The van der Waals surface area contributed by atoms with E-state index in [4.69, 9.17) is 8.83 Å². The Morgan fingerprint density at radius 1 is 0.308 bits per heavy atom. The molecule has 0 amide bonds. The summed E-state index contributed by atoms with van der Waals surface area (Å²) in [6, 6.07) is 76.8. The van der Waals surface area contributed by atoms with Crippen LogP contribution < -0.4 is 9.80 Å². The fourth-order valence-electron chi connectivity index (χ4n) is 13.7. The van der Waals surface area contributed by atoms with Gasteiger partial charge in [-0.2, -0.15) is 0 Å². The normalized spacial score (nSPS) is 14.1. The highest BCUT2D eigenvalue weighted by atomic mass is 16.3. The summed E-state index contributed by atoms with van der Waals surface area (Å²) >= 11 is 0. The maximum absolute atomic E-state index is 7.10. The van der Waals surface area contributed by atoms with Gasteiger partial charge in [0.25, 0.3) is 0 Å². The molecule has 2 aliphatic carbocycles. The molecule has 0 radical (unpaired) electrons. The number of furan rings is 2. The van der Waals surface area contributed by atoms with Crippen LogP contribution in [0.3, 0.4) is 0 Å². The smallest absolute Gasteiger partial charge is 0.139 e. The zero-order valence-electron chi connectivity index (χ0n) is 45.5. The number of hydrogen-bond donors (Lipinski definition) is 0. The molecule has 15 rings (SSSR count). The summed E-state index contributed by atoms with van der Waals surface area (Å²) in [4.78, 5) is 4.86. The second-order valence-electron chi connectivity index (χ2n) is 23.6. The molecule has 0 atom stereocenters. The third-order valence-electron chi connectivity index (χ3n) is 17.8. The van der Waals surface area contributed by atoms with Gasteiger partial charge in [-0.05, 0) is 133 Å². The molecule has 0 N–H and O–H groups in total. The van der Waals surface area contributed by atoms with E-state index in [0.29, 0.717) is 11.8 Å². The Labute approximate surface area is 455 Å². The lowest BCUT2D eigenvalue weighted by Crippen LogP contribution is -2.15. The van der Waals surface area contributed by atoms with Crippen LogP contribution in [0.25, 0.3) is 87.7 Å². The van der Waals surface area contributed by atoms with E-state index in [1.54, 1.807) is 0 Å². The van der Waals surface area contributed by atoms with Crippen LogP contribution in [0.5, 0.6) is 0 Å². The quantitative estimate of drug-likeness (QED) is 0.152. The number of fused-ring (bicyclic) bond motifs is 16. The molecule has 0 spiro atoms. The highest BCUT2D eigenvalue weighted by Crippen LogP contribution is 2.55. The first kappa shape index (κ1) is 46.4. The van der Waals surface area contributed by atoms with Gasteiger partial charge in [0, 0.05) is 84.1 Å². The Hall–Kier alpha value is -8.86. The number of rotatable bonds is 8. The molecule has 4 heteroatoms. The molecule has 0 saturated carbocycles. The van der Waals surface area contributed by atoms with Crippen molar-refractivity contribution in [1.29, 1.82) is 0 Å². The molecular formula is C74H60N2O2. The molecule has 0 aliphatic heterocycles. The molecular weight excluding hydrogens is 949 g/mol. The summed E-state index contributed by atoms with van der Waals surface area (Å²) < 4.78 is 14.2. The van der Waals surface area contributed by atoms with Crippen molar-refractivity contribution in [1.82, 2.24) is 0 Å². The van der Waals surface area contributed by atoms with Gasteiger partial charge in [-0.15, -0.1) is 0 Å². The van der Waals surface area contributed by atoms with Crippen LogP contribution in [0.4, 0.5) is 34.1 Å². The van der Waals surface area contributed by atoms with Crippen LogP contribution >= 0.6 is 0 Å². The zero-order valence-corrected chi connectivity index (χ0v) is 45.5. The fraction of sp³-hybridized carbons (Fsp3) is 0.162. The molecule has 2 heterocycles. The lowest BCUT2D eigenvalue weighted by molar-refractivity contribution is 0.656. The van der Waals surface area contributed by atoms with Crippen molar-refractivity contribution in [3.8, 4) is 22.3 Å². The summed E-state index contributed by atoms with van der Waals surface area (Å²) in [5.41, 5.74) is 22.8. The van der Waals surface area contributed by atoms with Crippen LogP contribution in [0.2, 0.25) is 0 Å². The predicted octanol–water partition coefficient (Wildman–Crippen LogP) is 21.6. The summed E-state index contributed by atoms with van der Waals surface area (Å²) in [6.45, 7) is 18.4. The van der Waals surface area contributed by atoms with Gasteiger partial charge < -0.3 is 18.6 Å². The van der Waals surface area contributed by atoms with Gasteiger partial charge >= 0.3 is 0 Å². The van der Waals surface area contributed by atoms with Crippen LogP contribution in [-0.2, 0) is 10.8 Å². The molecule has 0 saturated heterocycles. The number of nitrogens with zero attached hydrogens (tertiary/aromatic N) is 2. The maximum atomic E-state index is 7.10. The van der Waals surface area contributed by atoms with Crippen molar-refractivity contribution in [2.45, 2.75) is 78.1 Å². The van der Waals surface area contributed by atoms with Crippen LogP contribution in [0.15, 0.2) is 215 Å². The van der Waals surface area contributed by atoms with E-state index in [-0.39, 0.29) is 10.8 Å². The molecule has 13 aromatic rings. The van der Waals surface area contributed by atoms with Gasteiger partial charge in [0.15, 0.2) is 0 Å². The Morgan fingerprint density at radius 3 is 1.08 bits per heavy atom. The molecule has 4 nitrogen and oxygen atoms in total. The Balaban J connectivity index is 0.926. The predicted molar refractivity (Wildman–Crippen MR) is 329 cm³/mol. The molecule has 78 heavy (non-hydrogen) atoms. The van der Waals surface area contributed by atoms with Gasteiger partial charge in [0.1, 0.15) is 22.3 Å². The third kappa shape index (κ3) is 6.71. The minimum Gasteiger partial charge on any atom is -0.456 e. The maximum Gasteiger partial charge on any atom is 0.139 e. The summed E-state index contributed by atoms with van der Waals surface area (Å²) in [7, 11) is 0. The van der Waals surface area contributed by atoms with E-state index in [1.807, 2.05) is 0 Å². The van der Waals surface area contributed by atoms with E-state index in [2.05, 4.69) is 271 Å². The fourth-order valence-corrected chi connectivity index (χ4v) is 13.7. The highest BCUT2D eigenvalue weighted by Gasteiger charge is 2.37. The topological polar surface area (TPSA) is 32.8 Å². The SMILES string of the molecule is CC(C)c1ccc(N(c2ccc3c(c2)-c2ccccc2C3(C)C)c2cc3oc4cc5oc6cc(N(c7ccc(C(C)C)cc7)c7ccc8c(c7)-c7ccccc7C8(C)C)c7ccccc7c6c5cc4c3c3ccccc23)cc1. The van der Waals surface area contributed by atoms with Crippen molar-refractivity contribution in [2.24, 2.45) is 0 Å².